The van der Waals surface area contributed by atoms with E-state index in [4.69, 9.17) is 11.6 Å². The lowest BCUT2D eigenvalue weighted by Crippen LogP contribution is -2.24. The highest BCUT2D eigenvalue weighted by Crippen LogP contribution is 2.13. The molecule has 3 nitrogen and oxygen atoms in total. The molecule has 0 spiro atoms. The van der Waals surface area contributed by atoms with Crippen molar-refractivity contribution >= 4 is 29.4 Å². The van der Waals surface area contributed by atoms with Gasteiger partial charge in [0.05, 0.1) is 0 Å². The smallest absolute Gasteiger partial charge is 0.314 e. The molecule has 0 saturated carbocycles. The highest BCUT2D eigenvalue weighted by Gasteiger charge is 2.00. The van der Waals surface area contributed by atoms with Gasteiger partial charge in [0.2, 0.25) is 0 Å². The zero-order valence-corrected chi connectivity index (χ0v) is 11.8. The Morgan fingerprint density at radius 2 is 1.80 bits per heavy atom. The van der Waals surface area contributed by atoms with Crippen molar-refractivity contribution < 1.29 is 4.79 Å². The van der Waals surface area contributed by atoms with Crippen LogP contribution in [0.2, 0.25) is 5.02 Å². The molecular weight excluding hydrogens is 272 g/mol. The number of hydrogen-bond donors (Lipinski definition) is 2. The SMILES string of the molecule is Cc1ccccc1NC(=O)N/C=C/c1ccc(Cl)cc1. The van der Waals surface area contributed by atoms with Crippen molar-refractivity contribution in [3.05, 3.63) is 70.9 Å². The van der Waals surface area contributed by atoms with E-state index in [0.29, 0.717) is 5.02 Å². The molecule has 2 aromatic rings. The van der Waals surface area contributed by atoms with Gasteiger partial charge < -0.3 is 10.6 Å². The van der Waals surface area contributed by atoms with Crippen LogP contribution in [0.5, 0.6) is 0 Å². The van der Waals surface area contributed by atoms with Gasteiger partial charge in [0.15, 0.2) is 0 Å². The minimum Gasteiger partial charge on any atom is -0.314 e. The van der Waals surface area contributed by atoms with Crippen LogP contribution >= 0.6 is 11.6 Å². The Hall–Kier alpha value is -2.26. The average Bonchev–Trinajstić information content (AvgIpc) is 2.44. The molecule has 2 amide bonds. The Morgan fingerprint density at radius 1 is 1.10 bits per heavy atom. The van der Waals surface area contributed by atoms with Gasteiger partial charge in [-0.15, -0.1) is 0 Å². The highest BCUT2D eigenvalue weighted by molar-refractivity contribution is 6.30. The molecule has 0 bridgehead atoms. The van der Waals surface area contributed by atoms with Crippen molar-refractivity contribution in [2.24, 2.45) is 0 Å². The number of halogens is 1. The van der Waals surface area contributed by atoms with Gasteiger partial charge in [-0.25, -0.2) is 4.79 Å². The van der Waals surface area contributed by atoms with E-state index in [9.17, 15) is 4.79 Å². The van der Waals surface area contributed by atoms with Crippen molar-refractivity contribution in [3.8, 4) is 0 Å². The molecule has 20 heavy (non-hydrogen) atoms. The van der Waals surface area contributed by atoms with Gasteiger partial charge in [-0.05, 0) is 42.3 Å². The van der Waals surface area contributed by atoms with E-state index >= 15 is 0 Å². The Balaban J connectivity index is 1.89. The molecular formula is C16H15ClN2O. The van der Waals surface area contributed by atoms with Gasteiger partial charge in [0, 0.05) is 16.9 Å². The number of para-hydroxylation sites is 1. The number of anilines is 1. The van der Waals surface area contributed by atoms with E-state index in [1.165, 1.54) is 0 Å². The van der Waals surface area contributed by atoms with Crippen LogP contribution in [0.25, 0.3) is 6.08 Å². The minimum atomic E-state index is -0.274. The van der Waals surface area contributed by atoms with Crippen LogP contribution < -0.4 is 10.6 Å². The summed E-state index contributed by atoms with van der Waals surface area (Å²) in [6.07, 6.45) is 3.39. The quantitative estimate of drug-likeness (QED) is 0.860. The molecule has 0 saturated heterocycles. The standard InChI is InChI=1S/C16H15ClN2O/c1-12-4-2-3-5-15(12)19-16(20)18-11-10-13-6-8-14(17)9-7-13/h2-11H,1H3,(H2,18,19,20)/b11-10+. The second kappa shape index (κ2) is 6.78. The molecule has 2 rings (SSSR count). The third-order valence-corrected chi connectivity index (χ3v) is 3.01. The Bertz CT molecular complexity index is 621. The van der Waals surface area contributed by atoms with Crippen LogP contribution in [-0.4, -0.2) is 6.03 Å². The van der Waals surface area contributed by atoms with Crippen molar-refractivity contribution in [1.82, 2.24) is 5.32 Å². The number of amides is 2. The average molecular weight is 287 g/mol. The summed E-state index contributed by atoms with van der Waals surface area (Å²) in [5, 5.41) is 6.13. The van der Waals surface area contributed by atoms with Crippen molar-refractivity contribution in [2.45, 2.75) is 6.92 Å². The zero-order chi connectivity index (χ0) is 14.4. The summed E-state index contributed by atoms with van der Waals surface area (Å²) in [7, 11) is 0. The lowest BCUT2D eigenvalue weighted by atomic mass is 10.2. The van der Waals surface area contributed by atoms with Gasteiger partial charge in [-0.1, -0.05) is 41.9 Å². The van der Waals surface area contributed by atoms with Crippen LogP contribution in [0.4, 0.5) is 10.5 Å². The number of carbonyl (C=O) groups is 1. The maximum Gasteiger partial charge on any atom is 0.323 e. The molecule has 2 N–H and O–H groups in total. The fourth-order valence-corrected chi connectivity index (χ4v) is 1.79. The molecule has 2 aromatic carbocycles. The summed E-state index contributed by atoms with van der Waals surface area (Å²) in [5.74, 6) is 0. The summed E-state index contributed by atoms with van der Waals surface area (Å²) in [6.45, 7) is 1.94. The molecule has 0 heterocycles. The maximum atomic E-state index is 11.7. The topological polar surface area (TPSA) is 41.1 Å². The van der Waals surface area contributed by atoms with E-state index in [1.54, 1.807) is 24.4 Å². The number of carbonyl (C=O) groups excluding carboxylic acids is 1. The number of nitrogens with one attached hydrogen (secondary N) is 2. The van der Waals surface area contributed by atoms with E-state index in [0.717, 1.165) is 16.8 Å². The Labute approximate surface area is 123 Å². The predicted molar refractivity (Wildman–Crippen MR) is 83.8 cm³/mol. The van der Waals surface area contributed by atoms with Crippen LogP contribution in [0.1, 0.15) is 11.1 Å². The molecule has 0 radical (unpaired) electrons. The second-order valence-electron chi connectivity index (χ2n) is 4.30. The molecule has 0 aliphatic heterocycles. The third-order valence-electron chi connectivity index (χ3n) is 2.75. The largest absolute Gasteiger partial charge is 0.323 e. The van der Waals surface area contributed by atoms with Crippen molar-refractivity contribution in [2.75, 3.05) is 5.32 Å². The van der Waals surface area contributed by atoms with Gasteiger partial charge in [-0.3, -0.25) is 0 Å². The van der Waals surface area contributed by atoms with Gasteiger partial charge in [0.1, 0.15) is 0 Å². The molecule has 102 valence electrons. The molecule has 0 aliphatic rings. The van der Waals surface area contributed by atoms with Gasteiger partial charge in [0.25, 0.3) is 0 Å². The molecule has 0 unspecified atom stereocenters. The van der Waals surface area contributed by atoms with E-state index in [-0.39, 0.29) is 6.03 Å². The van der Waals surface area contributed by atoms with Crippen molar-refractivity contribution in [3.63, 3.8) is 0 Å². The van der Waals surface area contributed by atoms with E-state index in [1.807, 2.05) is 43.3 Å². The maximum absolute atomic E-state index is 11.7. The summed E-state index contributed by atoms with van der Waals surface area (Å²) in [5.41, 5.74) is 2.78. The predicted octanol–water partition coefficient (Wildman–Crippen LogP) is 4.44. The third kappa shape index (κ3) is 4.14. The zero-order valence-electron chi connectivity index (χ0n) is 11.1. The molecule has 0 fully saturated rings. The molecule has 4 heteroatoms. The van der Waals surface area contributed by atoms with Crippen LogP contribution in [0.3, 0.4) is 0 Å². The first-order chi connectivity index (χ1) is 9.65. The van der Waals surface area contributed by atoms with Crippen LogP contribution in [-0.2, 0) is 0 Å². The highest BCUT2D eigenvalue weighted by atomic mass is 35.5. The monoisotopic (exact) mass is 286 g/mol. The number of rotatable bonds is 3. The number of hydrogen-bond acceptors (Lipinski definition) is 1. The van der Waals surface area contributed by atoms with Gasteiger partial charge in [-0.2, -0.15) is 0 Å². The Morgan fingerprint density at radius 3 is 2.50 bits per heavy atom. The fourth-order valence-electron chi connectivity index (χ4n) is 1.66. The fraction of sp³-hybridized carbons (Fsp3) is 0.0625. The number of aryl methyl sites for hydroxylation is 1. The van der Waals surface area contributed by atoms with E-state index < -0.39 is 0 Å². The summed E-state index contributed by atoms with van der Waals surface area (Å²) in [4.78, 5) is 11.7. The van der Waals surface area contributed by atoms with Gasteiger partial charge >= 0.3 is 6.03 Å². The molecule has 0 atom stereocenters. The number of urea groups is 1. The summed E-state index contributed by atoms with van der Waals surface area (Å²) >= 11 is 5.80. The van der Waals surface area contributed by atoms with Crippen LogP contribution in [0.15, 0.2) is 54.7 Å². The minimum absolute atomic E-state index is 0.274. The number of benzene rings is 2. The first-order valence-electron chi connectivity index (χ1n) is 6.20. The molecule has 0 aromatic heterocycles. The van der Waals surface area contributed by atoms with Crippen molar-refractivity contribution in [1.29, 1.82) is 0 Å². The normalized spacial score (nSPS) is 10.5. The summed E-state index contributed by atoms with van der Waals surface area (Å²) < 4.78 is 0. The van der Waals surface area contributed by atoms with E-state index in [2.05, 4.69) is 10.6 Å². The summed E-state index contributed by atoms with van der Waals surface area (Å²) in [6, 6.07) is 14.7. The lowest BCUT2D eigenvalue weighted by Gasteiger charge is -2.07. The Kier molecular flexibility index (Phi) is 4.80. The lowest BCUT2D eigenvalue weighted by molar-refractivity contribution is 0.255. The van der Waals surface area contributed by atoms with Crippen LogP contribution in [0, 0.1) is 6.92 Å². The molecule has 0 aliphatic carbocycles. The first-order valence-corrected chi connectivity index (χ1v) is 6.58. The first kappa shape index (κ1) is 14.2. The second-order valence-corrected chi connectivity index (χ2v) is 4.73.